The molecule has 0 unspecified atom stereocenters. The van der Waals surface area contributed by atoms with Crippen molar-refractivity contribution in [3.63, 3.8) is 0 Å². The third-order valence-electron chi connectivity index (χ3n) is 1.07. The lowest BCUT2D eigenvalue weighted by Gasteiger charge is -1.98. The minimum Gasteiger partial charge on any atom is -0.417 e. The van der Waals surface area contributed by atoms with Crippen LogP contribution in [0.25, 0.3) is 0 Å². The number of alkyl halides is 1. The molecular weight excluding hydrogens is 164 g/mol. The van der Waals surface area contributed by atoms with Crippen LogP contribution in [0.1, 0.15) is 26.2 Å². The van der Waals surface area contributed by atoms with Gasteiger partial charge in [0.25, 0.3) is 0 Å². The summed E-state index contributed by atoms with van der Waals surface area (Å²) in [6.45, 7) is 3.04. The third-order valence-corrected chi connectivity index (χ3v) is 2.30. The molecule has 0 rings (SSSR count). The monoisotopic (exact) mass is 178 g/mol. The fraction of sp³-hybridized carbons (Fsp3) is 1.00. The first-order valence-corrected chi connectivity index (χ1v) is 5.47. The van der Waals surface area contributed by atoms with E-state index in [9.17, 15) is 0 Å². The highest BCUT2D eigenvalue weighted by atomic mass is 35.5. The molecule has 2 radical (unpaired) electrons. The summed E-state index contributed by atoms with van der Waals surface area (Å²) in [6.07, 6.45) is 3.47. The van der Waals surface area contributed by atoms with Crippen molar-refractivity contribution in [2.45, 2.75) is 32.2 Å². The van der Waals surface area contributed by atoms with Crippen molar-refractivity contribution in [1.29, 1.82) is 0 Å². The zero-order valence-electron chi connectivity index (χ0n) is 6.53. The Hall–Kier alpha value is 0.467. The van der Waals surface area contributed by atoms with E-state index in [2.05, 4.69) is 6.92 Å². The summed E-state index contributed by atoms with van der Waals surface area (Å²) in [7, 11) is 0.690. The van der Waals surface area contributed by atoms with Crippen molar-refractivity contribution in [3.8, 4) is 0 Å². The summed E-state index contributed by atoms with van der Waals surface area (Å²) in [5, 5.41) is 0. The minimum absolute atomic E-state index is 0.690. The van der Waals surface area contributed by atoms with E-state index in [1.54, 1.807) is 0 Å². The molecule has 60 valence electrons. The van der Waals surface area contributed by atoms with Crippen LogP contribution < -0.4 is 0 Å². The van der Waals surface area contributed by atoms with Crippen molar-refractivity contribution in [3.05, 3.63) is 0 Å². The maximum atomic E-state index is 5.50. The summed E-state index contributed by atoms with van der Waals surface area (Å²) in [6, 6.07) is 1.19. The van der Waals surface area contributed by atoms with Crippen LogP contribution in [0.2, 0.25) is 6.04 Å². The Balaban J connectivity index is 2.65. The van der Waals surface area contributed by atoms with E-state index >= 15 is 0 Å². The van der Waals surface area contributed by atoms with Crippen LogP contribution in [-0.4, -0.2) is 22.3 Å². The molecule has 0 aliphatic rings. The van der Waals surface area contributed by atoms with Gasteiger partial charge in [-0.15, -0.1) is 11.6 Å². The van der Waals surface area contributed by atoms with Crippen molar-refractivity contribution in [1.82, 2.24) is 0 Å². The van der Waals surface area contributed by atoms with Gasteiger partial charge in [-0.3, -0.25) is 0 Å². The molecule has 10 heavy (non-hydrogen) atoms. The number of hydrogen-bond acceptors (Lipinski definition) is 1. The van der Waals surface area contributed by atoms with Gasteiger partial charge in [0.1, 0.15) is 0 Å². The molecule has 0 aliphatic heterocycles. The lowest BCUT2D eigenvalue weighted by molar-refractivity contribution is 0.334. The van der Waals surface area contributed by atoms with Crippen molar-refractivity contribution < 1.29 is 4.43 Å². The molecule has 3 heteroatoms. The SMILES string of the molecule is CCCO[Si]CCCCCl. The lowest BCUT2D eigenvalue weighted by Crippen LogP contribution is -1.98. The number of hydrogen-bond donors (Lipinski definition) is 0. The lowest BCUT2D eigenvalue weighted by atomic mass is 10.4. The number of unbranched alkanes of at least 4 members (excludes halogenated alkanes) is 1. The van der Waals surface area contributed by atoms with Gasteiger partial charge in [-0.1, -0.05) is 13.3 Å². The van der Waals surface area contributed by atoms with E-state index in [1.807, 2.05) is 0 Å². The topological polar surface area (TPSA) is 9.23 Å². The Labute approximate surface area is 71.0 Å². The Kier molecular flexibility index (Phi) is 9.91. The number of halogens is 1. The van der Waals surface area contributed by atoms with Gasteiger partial charge in [0.15, 0.2) is 0 Å². The zero-order valence-corrected chi connectivity index (χ0v) is 8.28. The van der Waals surface area contributed by atoms with Crippen LogP contribution in [-0.2, 0) is 4.43 Å². The van der Waals surface area contributed by atoms with Crippen LogP contribution in [0.15, 0.2) is 0 Å². The van der Waals surface area contributed by atoms with Crippen LogP contribution in [0, 0.1) is 0 Å². The highest BCUT2D eigenvalue weighted by molar-refractivity contribution is 6.27. The van der Waals surface area contributed by atoms with E-state index < -0.39 is 0 Å². The summed E-state index contributed by atoms with van der Waals surface area (Å²) in [5.41, 5.74) is 0. The second-order valence-corrected chi connectivity index (χ2v) is 3.59. The minimum atomic E-state index is 0.690. The molecule has 0 heterocycles. The van der Waals surface area contributed by atoms with Gasteiger partial charge in [-0.25, -0.2) is 0 Å². The Morgan fingerprint density at radius 1 is 1.40 bits per heavy atom. The maximum Gasteiger partial charge on any atom is 0.229 e. The first-order chi connectivity index (χ1) is 4.91. The molecule has 1 nitrogen and oxygen atoms in total. The van der Waals surface area contributed by atoms with Crippen LogP contribution >= 0.6 is 11.6 Å². The summed E-state index contributed by atoms with van der Waals surface area (Å²) in [5.74, 6) is 0.790. The Morgan fingerprint density at radius 3 is 2.80 bits per heavy atom. The molecule has 0 N–H and O–H groups in total. The van der Waals surface area contributed by atoms with Crippen molar-refractivity contribution in [2.75, 3.05) is 12.5 Å². The Bertz CT molecular complexity index is 53.6. The predicted octanol–water partition coefficient (Wildman–Crippen LogP) is 2.47. The molecule has 0 aromatic carbocycles. The standard InChI is InChI=1S/C7H15ClOSi/c1-2-6-9-10-7-4-3-5-8/h2-7H2,1H3. The molecule has 0 saturated heterocycles. The first-order valence-electron chi connectivity index (χ1n) is 3.82. The van der Waals surface area contributed by atoms with Gasteiger partial charge in [0.05, 0.1) is 0 Å². The highest BCUT2D eigenvalue weighted by Crippen LogP contribution is 1.97. The molecule has 0 aliphatic carbocycles. The van der Waals surface area contributed by atoms with E-state index in [4.69, 9.17) is 16.0 Å². The van der Waals surface area contributed by atoms with Gasteiger partial charge in [0, 0.05) is 12.5 Å². The smallest absolute Gasteiger partial charge is 0.229 e. The number of rotatable bonds is 7. The fourth-order valence-corrected chi connectivity index (χ4v) is 1.61. The van der Waals surface area contributed by atoms with Gasteiger partial charge >= 0.3 is 0 Å². The van der Waals surface area contributed by atoms with Gasteiger partial charge in [-0.05, 0) is 18.9 Å². The first kappa shape index (κ1) is 10.5. The maximum absolute atomic E-state index is 5.50. The summed E-state index contributed by atoms with van der Waals surface area (Å²) in [4.78, 5) is 0. The predicted molar refractivity (Wildman–Crippen MR) is 46.8 cm³/mol. The van der Waals surface area contributed by atoms with Crippen molar-refractivity contribution in [2.24, 2.45) is 0 Å². The molecule has 0 fully saturated rings. The highest BCUT2D eigenvalue weighted by Gasteiger charge is 1.90. The Morgan fingerprint density at radius 2 is 2.20 bits per heavy atom. The molecule has 0 atom stereocenters. The molecule has 0 spiro atoms. The van der Waals surface area contributed by atoms with E-state index in [0.717, 1.165) is 25.3 Å². The second-order valence-electron chi connectivity index (χ2n) is 2.14. The van der Waals surface area contributed by atoms with Crippen LogP contribution in [0.4, 0.5) is 0 Å². The fourth-order valence-electron chi connectivity index (χ4n) is 0.538. The summed E-state index contributed by atoms with van der Waals surface area (Å²) < 4.78 is 5.31. The third kappa shape index (κ3) is 8.47. The van der Waals surface area contributed by atoms with E-state index in [-0.39, 0.29) is 0 Å². The molecule has 0 aromatic heterocycles. The average molecular weight is 179 g/mol. The largest absolute Gasteiger partial charge is 0.417 e. The molecule has 0 aromatic rings. The van der Waals surface area contributed by atoms with Crippen LogP contribution in [0.3, 0.4) is 0 Å². The van der Waals surface area contributed by atoms with Gasteiger partial charge in [-0.2, -0.15) is 0 Å². The molecular formula is C7H15ClOSi. The van der Waals surface area contributed by atoms with Gasteiger partial charge in [0.2, 0.25) is 9.76 Å². The van der Waals surface area contributed by atoms with E-state index in [1.165, 1.54) is 12.5 Å². The van der Waals surface area contributed by atoms with Crippen molar-refractivity contribution >= 4 is 21.4 Å². The zero-order chi connectivity index (χ0) is 7.66. The molecule has 0 bridgehead atoms. The van der Waals surface area contributed by atoms with E-state index in [0.29, 0.717) is 9.76 Å². The quantitative estimate of drug-likeness (QED) is 0.331. The molecule has 0 amide bonds. The summed E-state index contributed by atoms with van der Waals surface area (Å²) >= 11 is 5.50. The molecule has 0 saturated carbocycles. The second kappa shape index (κ2) is 9.47. The average Bonchev–Trinajstić information content (AvgIpc) is 1.97. The van der Waals surface area contributed by atoms with Crippen LogP contribution in [0.5, 0.6) is 0 Å². The normalized spacial score (nSPS) is 10.2. The van der Waals surface area contributed by atoms with Gasteiger partial charge < -0.3 is 4.43 Å².